The monoisotopic (exact) mass is 292 g/mol. The van der Waals surface area contributed by atoms with E-state index in [1.165, 1.54) is 11.0 Å². The van der Waals surface area contributed by atoms with Crippen molar-refractivity contribution in [3.8, 4) is 0 Å². The molecule has 0 spiro atoms. The van der Waals surface area contributed by atoms with Crippen molar-refractivity contribution in [1.82, 2.24) is 10.2 Å². The lowest BCUT2D eigenvalue weighted by molar-refractivity contribution is 0.0985. The van der Waals surface area contributed by atoms with E-state index in [-0.39, 0.29) is 17.3 Å². The van der Waals surface area contributed by atoms with Crippen molar-refractivity contribution in [2.24, 2.45) is 5.73 Å². The third-order valence-electron chi connectivity index (χ3n) is 2.97. The maximum absolute atomic E-state index is 12.3. The van der Waals surface area contributed by atoms with E-state index >= 15 is 0 Å². The highest BCUT2D eigenvalue weighted by atomic mass is 35.5. The van der Waals surface area contributed by atoms with Crippen LogP contribution in [0.15, 0.2) is 24.3 Å². The molecule has 3 N–H and O–H groups in total. The molecular formula is C13H13ClN4O2. The predicted octanol–water partition coefficient (Wildman–Crippen LogP) is 1.75. The molecule has 2 rings (SSSR count). The smallest absolute Gasteiger partial charge is 0.276 e. The van der Waals surface area contributed by atoms with Crippen LogP contribution in [-0.4, -0.2) is 29.1 Å². The van der Waals surface area contributed by atoms with Crippen LogP contribution in [0.5, 0.6) is 0 Å². The first-order valence-corrected chi connectivity index (χ1v) is 6.18. The summed E-state index contributed by atoms with van der Waals surface area (Å²) in [5.74, 6) is -1.03. The molecule has 0 fully saturated rings. The van der Waals surface area contributed by atoms with Crippen LogP contribution in [0.2, 0.25) is 5.02 Å². The summed E-state index contributed by atoms with van der Waals surface area (Å²) in [6.07, 6.45) is 0. The van der Waals surface area contributed by atoms with Gasteiger partial charge in [0, 0.05) is 23.8 Å². The molecule has 1 heterocycles. The largest absolute Gasteiger partial charge is 0.364 e. The number of primary amides is 1. The average Bonchev–Trinajstić information content (AvgIpc) is 2.90. The minimum absolute atomic E-state index is 0.0181. The number of halogens is 1. The second kappa shape index (κ2) is 5.34. The van der Waals surface area contributed by atoms with E-state index in [0.717, 1.165) is 5.56 Å². The number of rotatable bonds is 3. The topological polar surface area (TPSA) is 92.1 Å². The fraction of sp³-hybridized carbons (Fsp3) is 0.154. The summed E-state index contributed by atoms with van der Waals surface area (Å²) in [5, 5.41) is 6.75. The molecule has 0 radical (unpaired) electrons. The van der Waals surface area contributed by atoms with Gasteiger partial charge in [-0.25, -0.2) is 0 Å². The lowest BCUT2D eigenvalue weighted by Crippen LogP contribution is -2.27. The molecule has 2 amide bonds. The van der Waals surface area contributed by atoms with E-state index in [1.54, 1.807) is 25.2 Å². The van der Waals surface area contributed by atoms with Crippen molar-refractivity contribution in [3.05, 3.63) is 46.2 Å². The van der Waals surface area contributed by atoms with E-state index < -0.39 is 5.91 Å². The Morgan fingerprint density at radius 1 is 1.40 bits per heavy atom. The van der Waals surface area contributed by atoms with E-state index in [9.17, 15) is 9.59 Å². The lowest BCUT2D eigenvalue weighted by Gasteiger charge is -2.19. The number of hydrogen-bond donors (Lipinski definition) is 2. The number of H-pyrrole nitrogens is 1. The van der Waals surface area contributed by atoms with Crippen LogP contribution in [-0.2, 0) is 0 Å². The second-order valence-electron chi connectivity index (χ2n) is 4.28. The summed E-state index contributed by atoms with van der Waals surface area (Å²) in [6.45, 7) is 1.82. The summed E-state index contributed by atoms with van der Waals surface area (Å²) in [6, 6.07) is 6.61. The molecule has 0 bridgehead atoms. The van der Waals surface area contributed by atoms with Gasteiger partial charge in [-0.2, -0.15) is 5.10 Å². The van der Waals surface area contributed by atoms with Gasteiger partial charge in [0.15, 0.2) is 5.69 Å². The van der Waals surface area contributed by atoms with Crippen LogP contribution < -0.4 is 10.6 Å². The highest BCUT2D eigenvalue weighted by molar-refractivity contribution is 6.31. The number of amides is 2. The first kappa shape index (κ1) is 14.1. The zero-order valence-electron chi connectivity index (χ0n) is 11.0. The summed E-state index contributed by atoms with van der Waals surface area (Å²) in [7, 11) is 1.62. The summed E-state index contributed by atoms with van der Waals surface area (Å²) < 4.78 is 0. The Morgan fingerprint density at radius 2 is 2.10 bits per heavy atom. The molecule has 104 valence electrons. The van der Waals surface area contributed by atoms with Crippen molar-refractivity contribution in [1.29, 1.82) is 0 Å². The SMILES string of the molecule is Cc1c(Cl)cccc1N(C)C(=O)c1cc(C(N)=O)n[nH]1. The lowest BCUT2D eigenvalue weighted by atomic mass is 10.1. The average molecular weight is 293 g/mol. The fourth-order valence-electron chi connectivity index (χ4n) is 1.81. The molecule has 20 heavy (non-hydrogen) atoms. The zero-order valence-corrected chi connectivity index (χ0v) is 11.7. The van der Waals surface area contributed by atoms with Crippen LogP contribution in [0.25, 0.3) is 0 Å². The molecule has 1 aromatic carbocycles. The highest BCUT2D eigenvalue weighted by Gasteiger charge is 2.19. The van der Waals surface area contributed by atoms with Gasteiger partial charge in [0.25, 0.3) is 11.8 Å². The molecule has 0 saturated heterocycles. The summed E-state index contributed by atoms with van der Waals surface area (Å²) in [4.78, 5) is 24.7. The second-order valence-corrected chi connectivity index (χ2v) is 4.69. The van der Waals surface area contributed by atoms with Gasteiger partial charge in [0.1, 0.15) is 5.69 Å². The Labute approximate surface area is 120 Å². The zero-order chi connectivity index (χ0) is 14.9. The van der Waals surface area contributed by atoms with Crippen molar-refractivity contribution in [2.75, 3.05) is 11.9 Å². The molecular weight excluding hydrogens is 280 g/mol. The van der Waals surface area contributed by atoms with Crippen molar-refractivity contribution >= 4 is 29.1 Å². The molecule has 2 aromatic rings. The van der Waals surface area contributed by atoms with Crippen molar-refractivity contribution in [3.63, 3.8) is 0 Å². The molecule has 0 aliphatic heterocycles. The summed E-state index contributed by atoms with van der Waals surface area (Å²) >= 11 is 6.03. The number of carbonyl (C=O) groups excluding carboxylic acids is 2. The Bertz CT molecular complexity index is 681. The maximum atomic E-state index is 12.3. The number of aromatic amines is 1. The number of aromatic nitrogens is 2. The van der Waals surface area contributed by atoms with Gasteiger partial charge in [0.05, 0.1) is 0 Å². The Kier molecular flexibility index (Phi) is 3.76. The quantitative estimate of drug-likeness (QED) is 0.902. The van der Waals surface area contributed by atoms with E-state index in [4.69, 9.17) is 17.3 Å². The van der Waals surface area contributed by atoms with Gasteiger partial charge < -0.3 is 10.6 Å². The van der Waals surface area contributed by atoms with Crippen LogP contribution in [0.1, 0.15) is 26.5 Å². The van der Waals surface area contributed by atoms with E-state index in [2.05, 4.69) is 10.2 Å². The van der Waals surface area contributed by atoms with Gasteiger partial charge in [0.2, 0.25) is 0 Å². The standard InChI is InChI=1S/C13H13ClN4O2/c1-7-8(14)4-3-5-11(7)18(2)13(20)10-6-9(12(15)19)16-17-10/h3-6H,1-2H3,(H2,15,19)(H,16,17). The minimum atomic E-state index is -0.693. The third-order valence-corrected chi connectivity index (χ3v) is 3.38. The summed E-state index contributed by atoms with van der Waals surface area (Å²) in [5.41, 5.74) is 6.76. The number of nitrogens with zero attached hydrogens (tertiary/aromatic N) is 2. The number of nitrogens with one attached hydrogen (secondary N) is 1. The van der Waals surface area contributed by atoms with Gasteiger partial charge in [-0.1, -0.05) is 17.7 Å². The van der Waals surface area contributed by atoms with Gasteiger partial charge in [-0.3, -0.25) is 14.7 Å². The molecule has 0 aliphatic rings. The Hall–Kier alpha value is -2.34. The third kappa shape index (κ3) is 2.50. The molecule has 0 aliphatic carbocycles. The van der Waals surface area contributed by atoms with Gasteiger partial charge in [-0.15, -0.1) is 0 Å². The van der Waals surface area contributed by atoms with E-state index in [1.807, 2.05) is 6.92 Å². The predicted molar refractivity (Wildman–Crippen MR) is 76.0 cm³/mol. The van der Waals surface area contributed by atoms with Crippen LogP contribution >= 0.6 is 11.6 Å². The van der Waals surface area contributed by atoms with Crippen LogP contribution in [0, 0.1) is 6.92 Å². The first-order valence-electron chi connectivity index (χ1n) is 5.80. The number of hydrogen-bond acceptors (Lipinski definition) is 3. The van der Waals surface area contributed by atoms with Gasteiger partial charge >= 0.3 is 0 Å². The number of nitrogens with two attached hydrogens (primary N) is 1. The Balaban J connectivity index is 2.32. The van der Waals surface area contributed by atoms with Gasteiger partial charge in [-0.05, 0) is 24.6 Å². The fourth-order valence-corrected chi connectivity index (χ4v) is 1.98. The number of anilines is 1. The molecule has 7 heteroatoms. The molecule has 6 nitrogen and oxygen atoms in total. The molecule has 0 atom stereocenters. The molecule has 0 unspecified atom stereocenters. The van der Waals surface area contributed by atoms with Crippen molar-refractivity contribution < 1.29 is 9.59 Å². The number of benzene rings is 1. The molecule has 0 saturated carbocycles. The Morgan fingerprint density at radius 3 is 2.70 bits per heavy atom. The number of carbonyl (C=O) groups is 2. The normalized spacial score (nSPS) is 10.3. The van der Waals surface area contributed by atoms with Crippen LogP contribution in [0.3, 0.4) is 0 Å². The molecule has 1 aromatic heterocycles. The van der Waals surface area contributed by atoms with Crippen LogP contribution in [0.4, 0.5) is 5.69 Å². The minimum Gasteiger partial charge on any atom is -0.364 e. The highest BCUT2D eigenvalue weighted by Crippen LogP contribution is 2.26. The van der Waals surface area contributed by atoms with Crippen molar-refractivity contribution in [2.45, 2.75) is 6.92 Å². The first-order chi connectivity index (χ1) is 9.41. The van der Waals surface area contributed by atoms with E-state index in [0.29, 0.717) is 10.7 Å². The maximum Gasteiger partial charge on any atom is 0.276 e.